The lowest BCUT2D eigenvalue weighted by atomic mass is 9.96. The fourth-order valence-corrected chi connectivity index (χ4v) is 3.39. The Morgan fingerprint density at radius 3 is 2.68 bits per heavy atom. The van der Waals surface area contributed by atoms with Crippen LogP contribution in [0.4, 0.5) is 0 Å². The topological polar surface area (TPSA) is 50.4 Å². The number of aliphatic imine (C=N–C) groups is 1. The van der Waals surface area contributed by atoms with Gasteiger partial charge in [-0.3, -0.25) is 4.99 Å². The van der Waals surface area contributed by atoms with Crippen LogP contribution < -0.4 is 11.1 Å². The molecule has 22 heavy (non-hydrogen) atoms. The van der Waals surface area contributed by atoms with Gasteiger partial charge in [-0.15, -0.1) is 11.3 Å². The van der Waals surface area contributed by atoms with E-state index < -0.39 is 0 Å². The summed E-state index contributed by atoms with van der Waals surface area (Å²) in [6.07, 6.45) is 3.32. The number of hydrogen-bond donors (Lipinski definition) is 2. The Labute approximate surface area is 140 Å². The molecule has 116 valence electrons. The van der Waals surface area contributed by atoms with Crippen LogP contribution in [-0.4, -0.2) is 19.0 Å². The third-order valence-corrected chi connectivity index (χ3v) is 5.31. The molecule has 0 amide bonds. The summed E-state index contributed by atoms with van der Waals surface area (Å²) >= 11 is 7.72. The maximum absolute atomic E-state index is 5.97. The van der Waals surface area contributed by atoms with Crippen LogP contribution in [-0.2, 0) is 11.8 Å². The summed E-state index contributed by atoms with van der Waals surface area (Å²) in [6.45, 7) is 1.57. The average molecular weight is 334 g/mol. The van der Waals surface area contributed by atoms with E-state index in [9.17, 15) is 0 Å². The molecule has 1 aliphatic rings. The molecule has 1 aromatic heterocycles. The maximum Gasteiger partial charge on any atom is 0.188 e. The summed E-state index contributed by atoms with van der Waals surface area (Å²) in [6, 6.07) is 12.3. The van der Waals surface area contributed by atoms with E-state index >= 15 is 0 Å². The predicted molar refractivity (Wildman–Crippen MR) is 94.9 cm³/mol. The van der Waals surface area contributed by atoms with Crippen molar-refractivity contribution in [3.05, 3.63) is 57.2 Å². The molecular formula is C17H20ClN3S. The van der Waals surface area contributed by atoms with Crippen molar-refractivity contribution in [3.8, 4) is 0 Å². The minimum Gasteiger partial charge on any atom is -0.370 e. The van der Waals surface area contributed by atoms with E-state index in [0.29, 0.717) is 5.96 Å². The molecule has 1 aromatic carbocycles. The van der Waals surface area contributed by atoms with E-state index in [4.69, 9.17) is 17.3 Å². The van der Waals surface area contributed by atoms with E-state index in [1.165, 1.54) is 23.3 Å². The van der Waals surface area contributed by atoms with Crippen LogP contribution in [0.2, 0.25) is 5.02 Å². The molecule has 0 atom stereocenters. The van der Waals surface area contributed by atoms with Gasteiger partial charge in [0.2, 0.25) is 0 Å². The van der Waals surface area contributed by atoms with Crippen LogP contribution in [0.3, 0.4) is 0 Å². The summed E-state index contributed by atoms with van der Waals surface area (Å²) in [5, 5.41) is 6.06. The Morgan fingerprint density at radius 1 is 1.27 bits per heavy atom. The Kier molecular flexibility index (Phi) is 4.69. The molecule has 0 saturated heterocycles. The van der Waals surface area contributed by atoms with Gasteiger partial charge in [0.1, 0.15) is 0 Å². The lowest BCUT2D eigenvalue weighted by molar-refractivity contribution is 0.700. The predicted octanol–water partition coefficient (Wildman–Crippen LogP) is 3.58. The van der Waals surface area contributed by atoms with Gasteiger partial charge in [0.05, 0.1) is 6.54 Å². The fraction of sp³-hybridized carbons (Fsp3) is 0.353. The first-order chi connectivity index (χ1) is 10.7. The van der Waals surface area contributed by atoms with Crippen LogP contribution in [0.1, 0.15) is 23.3 Å². The monoisotopic (exact) mass is 333 g/mol. The minimum atomic E-state index is 0.171. The molecular weight excluding hydrogens is 314 g/mol. The number of thiophene rings is 1. The highest BCUT2D eigenvalue weighted by atomic mass is 35.5. The molecule has 1 heterocycles. The van der Waals surface area contributed by atoms with Gasteiger partial charge in [0.25, 0.3) is 0 Å². The summed E-state index contributed by atoms with van der Waals surface area (Å²) < 4.78 is 0. The molecule has 5 heteroatoms. The van der Waals surface area contributed by atoms with Gasteiger partial charge in [-0.05, 0) is 48.4 Å². The standard InChI is InChI=1S/C17H20ClN3S/c18-14-5-3-13(4-6-14)17(8-9-17)12-21-16(19)20-10-7-15-2-1-11-22-15/h1-6,11H,7-10,12H2,(H3,19,20,21). The normalized spacial score (nSPS) is 16.5. The molecule has 3 nitrogen and oxygen atoms in total. The molecule has 2 aromatic rings. The molecule has 0 unspecified atom stereocenters. The van der Waals surface area contributed by atoms with Gasteiger partial charge in [-0.2, -0.15) is 0 Å². The van der Waals surface area contributed by atoms with Gasteiger partial charge < -0.3 is 11.1 Å². The summed E-state index contributed by atoms with van der Waals surface area (Å²) in [5.41, 5.74) is 7.45. The molecule has 1 saturated carbocycles. The van der Waals surface area contributed by atoms with Gasteiger partial charge in [-0.25, -0.2) is 0 Å². The zero-order valence-corrected chi connectivity index (χ0v) is 14.0. The van der Waals surface area contributed by atoms with Gasteiger partial charge in [-0.1, -0.05) is 29.8 Å². The Hall–Kier alpha value is -1.52. The third-order valence-electron chi connectivity index (χ3n) is 4.12. The van der Waals surface area contributed by atoms with Gasteiger partial charge in [0, 0.05) is 21.9 Å². The van der Waals surface area contributed by atoms with Crippen molar-refractivity contribution in [1.82, 2.24) is 5.32 Å². The van der Waals surface area contributed by atoms with Crippen molar-refractivity contribution in [2.45, 2.75) is 24.7 Å². The maximum atomic E-state index is 5.97. The van der Waals surface area contributed by atoms with Crippen molar-refractivity contribution in [2.75, 3.05) is 13.1 Å². The Bertz CT molecular complexity index is 630. The molecule has 1 fully saturated rings. The lowest BCUT2D eigenvalue weighted by Crippen LogP contribution is -2.34. The SMILES string of the molecule is NC(=NCC1(c2ccc(Cl)cc2)CC1)NCCc1cccs1. The molecule has 3 rings (SSSR count). The fourth-order valence-electron chi connectivity index (χ4n) is 2.55. The van der Waals surface area contributed by atoms with E-state index in [2.05, 4.69) is 40.0 Å². The summed E-state index contributed by atoms with van der Waals surface area (Å²) in [7, 11) is 0. The van der Waals surface area contributed by atoms with E-state index in [-0.39, 0.29) is 5.41 Å². The van der Waals surface area contributed by atoms with Gasteiger partial charge in [0.15, 0.2) is 5.96 Å². The number of halogens is 1. The zero-order chi connectivity index (χ0) is 15.4. The first-order valence-corrected chi connectivity index (χ1v) is 8.76. The number of guanidine groups is 1. The van der Waals surface area contributed by atoms with Crippen LogP contribution in [0, 0.1) is 0 Å². The highest BCUT2D eigenvalue weighted by Gasteiger charge is 2.44. The third kappa shape index (κ3) is 3.81. The van der Waals surface area contributed by atoms with Crippen molar-refractivity contribution in [1.29, 1.82) is 0 Å². The Balaban J connectivity index is 1.51. The second-order valence-corrected chi connectivity index (χ2v) is 7.21. The molecule has 3 N–H and O–H groups in total. The van der Waals surface area contributed by atoms with E-state index in [1.807, 2.05) is 12.1 Å². The van der Waals surface area contributed by atoms with E-state index in [0.717, 1.165) is 24.5 Å². The number of rotatable bonds is 6. The van der Waals surface area contributed by atoms with Crippen molar-refractivity contribution in [2.24, 2.45) is 10.7 Å². The number of nitrogens with zero attached hydrogens (tertiary/aromatic N) is 1. The lowest BCUT2D eigenvalue weighted by Gasteiger charge is -2.14. The first-order valence-electron chi connectivity index (χ1n) is 7.50. The highest BCUT2D eigenvalue weighted by molar-refractivity contribution is 7.09. The quantitative estimate of drug-likeness (QED) is 0.627. The Morgan fingerprint density at radius 2 is 2.05 bits per heavy atom. The van der Waals surface area contributed by atoms with E-state index in [1.54, 1.807) is 11.3 Å². The summed E-state index contributed by atoms with van der Waals surface area (Å²) in [5.74, 6) is 0.539. The minimum absolute atomic E-state index is 0.171. The van der Waals surface area contributed by atoms with Crippen LogP contribution in [0.25, 0.3) is 0 Å². The second-order valence-electron chi connectivity index (χ2n) is 5.74. The summed E-state index contributed by atoms with van der Waals surface area (Å²) in [4.78, 5) is 5.89. The number of benzene rings is 1. The molecule has 0 aliphatic heterocycles. The molecule has 1 aliphatic carbocycles. The first kappa shape index (κ1) is 15.4. The zero-order valence-electron chi connectivity index (χ0n) is 12.4. The van der Waals surface area contributed by atoms with Crippen LogP contribution in [0.5, 0.6) is 0 Å². The van der Waals surface area contributed by atoms with Crippen LogP contribution in [0.15, 0.2) is 46.8 Å². The van der Waals surface area contributed by atoms with Gasteiger partial charge >= 0.3 is 0 Å². The second kappa shape index (κ2) is 6.71. The van der Waals surface area contributed by atoms with Crippen LogP contribution >= 0.6 is 22.9 Å². The number of hydrogen-bond acceptors (Lipinski definition) is 2. The smallest absolute Gasteiger partial charge is 0.188 e. The number of nitrogens with two attached hydrogens (primary N) is 1. The average Bonchev–Trinajstić information content (AvgIpc) is 3.13. The van der Waals surface area contributed by atoms with Crippen molar-refractivity contribution < 1.29 is 0 Å². The molecule has 0 bridgehead atoms. The van der Waals surface area contributed by atoms with Crippen molar-refractivity contribution >= 4 is 28.9 Å². The molecule has 0 radical (unpaired) electrons. The number of nitrogens with one attached hydrogen (secondary N) is 1. The molecule has 0 spiro atoms. The van der Waals surface area contributed by atoms with Crippen molar-refractivity contribution in [3.63, 3.8) is 0 Å². The highest BCUT2D eigenvalue weighted by Crippen LogP contribution is 2.48. The largest absolute Gasteiger partial charge is 0.370 e.